The van der Waals surface area contributed by atoms with Crippen LogP contribution in [0.2, 0.25) is 0 Å². The Labute approximate surface area is 187 Å². The van der Waals surface area contributed by atoms with E-state index in [4.69, 9.17) is 4.74 Å². The summed E-state index contributed by atoms with van der Waals surface area (Å²) in [4.78, 5) is 56.9. The number of aromatic nitrogens is 3. The van der Waals surface area contributed by atoms with Crippen LogP contribution in [0, 0.1) is 5.92 Å². The number of benzene rings is 1. The number of hydrogen-bond acceptors (Lipinski definition) is 8. The number of nitrogens with zero attached hydrogens (tertiary/aromatic N) is 4. The van der Waals surface area contributed by atoms with Crippen molar-refractivity contribution in [2.45, 2.75) is 46.3 Å². The third-order valence-corrected chi connectivity index (χ3v) is 6.59. The molecule has 10 heteroatoms. The molecule has 9 nitrogen and oxygen atoms in total. The van der Waals surface area contributed by atoms with E-state index in [1.807, 2.05) is 13.8 Å². The molecule has 0 unspecified atom stereocenters. The first-order valence-corrected chi connectivity index (χ1v) is 11.2. The molecule has 4 rings (SSSR count). The van der Waals surface area contributed by atoms with Crippen LogP contribution in [0.5, 0.6) is 0 Å². The first kappa shape index (κ1) is 21.8. The van der Waals surface area contributed by atoms with Gasteiger partial charge in [-0.3, -0.25) is 19.3 Å². The lowest BCUT2D eigenvalue weighted by Crippen LogP contribution is -2.49. The van der Waals surface area contributed by atoms with Crippen molar-refractivity contribution in [2.24, 2.45) is 5.92 Å². The molecule has 1 aromatic carbocycles. The van der Waals surface area contributed by atoms with Crippen LogP contribution < -0.4 is 5.56 Å². The predicted octanol–water partition coefficient (Wildman–Crippen LogP) is 2.47. The highest BCUT2D eigenvalue weighted by molar-refractivity contribution is 7.16. The summed E-state index contributed by atoms with van der Waals surface area (Å²) in [6.45, 7) is 5.34. The second-order valence-corrected chi connectivity index (χ2v) is 8.63. The fourth-order valence-electron chi connectivity index (χ4n) is 3.62. The molecule has 0 spiro atoms. The first-order chi connectivity index (χ1) is 15.3. The summed E-state index contributed by atoms with van der Waals surface area (Å²) in [5.41, 5.74) is 0.460. The molecule has 2 aromatic heterocycles. The summed E-state index contributed by atoms with van der Waals surface area (Å²) in [6, 6.07) is 6.68. The highest BCUT2D eigenvalue weighted by Crippen LogP contribution is 2.29. The van der Waals surface area contributed by atoms with Gasteiger partial charge in [-0.25, -0.2) is 9.78 Å². The summed E-state index contributed by atoms with van der Waals surface area (Å²) >= 11 is 1.29. The maximum atomic E-state index is 13.1. The summed E-state index contributed by atoms with van der Waals surface area (Å²) in [6.07, 6.45) is 1.23. The first-order valence-electron chi connectivity index (χ1n) is 10.4. The molecule has 3 aromatic rings. The number of fused-ring (bicyclic) bond motifs is 2. The number of carbonyl (C=O) groups is 3. The number of carbonyl (C=O) groups excluding carboxylic acids is 3. The summed E-state index contributed by atoms with van der Waals surface area (Å²) in [7, 11) is 0. The van der Waals surface area contributed by atoms with Crippen LogP contribution in [-0.4, -0.2) is 43.3 Å². The molecule has 0 saturated heterocycles. The molecule has 0 N–H and O–H groups in total. The molecular weight excluding hydrogens is 432 g/mol. The summed E-state index contributed by atoms with van der Waals surface area (Å²) in [5, 5.41) is 4.96. The molecule has 0 fully saturated rings. The van der Waals surface area contributed by atoms with Gasteiger partial charge in [0.1, 0.15) is 17.7 Å². The smallest absolute Gasteiger partial charge is 0.330 e. The zero-order valence-corrected chi connectivity index (χ0v) is 18.7. The lowest BCUT2D eigenvalue weighted by molar-refractivity contribution is -0.151. The van der Waals surface area contributed by atoms with Gasteiger partial charge in [-0.1, -0.05) is 50.7 Å². The van der Waals surface area contributed by atoms with Crippen molar-refractivity contribution >= 4 is 34.1 Å². The normalized spacial score (nSPS) is 15.2. The van der Waals surface area contributed by atoms with Crippen molar-refractivity contribution in [1.82, 2.24) is 19.5 Å². The van der Waals surface area contributed by atoms with Crippen molar-refractivity contribution < 1.29 is 19.1 Å². The molecular formula is C22H22N4O5S. The molecule has 2 amide bonds. The van der Waals surface area contributed by atoms with Crippen molar-refractivity contribution in [1.29, 1.82) is 0 Å². The van der Waals surface area contributed by atoms with E-state index in [0.717, 1.165) is 9.91 Å². The van der Waals surface area contributed by atoms with Gasteiger partial charge in [0.05, 0.1) is 16.8 Å². The van der Waals surface area contributed by atoms with Crippen LogP contribution in [-0.2, 0) is 22.6 Å². The van der Waals surface area contributed by atoms with Gasteiger partial charge in [0, 0.05) is 6.07 Å². The molecule has 2 atom stereocenters. The maximum Gasteiger partial charge on any atom is 0.330 e. The Hall–Kier alpha value is -3.40. The molecule has 1 aliphatic rings. The van der Waals surface area contributed by atoms with Gasteiger partial charge in [-0.15, -0.1) is 0 Å². The van der Waals surface area contributed by atoms with E-state index < -0.39 is 23.8 Å². The molecule has 0 radical (unpaired) electrons. The van der Waals surface area contributed by atoms with E-state index in [0.29, 0.717) is 17.8 Å². The van der Waals surface area contributed by atoms with Gasteiger partial charge >= 0.3 is 5.97 Å². The lowest BCUT2D eigenvalue weighted by Gasteiger charge is -2.28. The minimum atomic E-state index is -1.08. The monoisotopic (exact) mass is 454 g/mol. The van der Waals surface area contributed by atoms with E-state index in [9.17, 15) is 19.2 Å². The third kappa shape index (κ3) is 3.70. The van der Waals surface area contributed by atoms with Crippen LogP contribution in [0.15, 0.2) is 35.1 Å². The standard InChI is InChI=1S/C22H22N4O5S/c1-4-12(3)18(25-19(28)14-8-6-7-9-15(14)20(25)29)21(30)31-11-13-10-17(27)26-22(23-13)32-16(5-2)24-26/h6-10,12,18H,4-5,11H2,1-3H3/t12-,18-/m1/s1. The van der Waals surface area contributed by atoms with Gasteiger partial charge in [-0.2, -0.15) is 9.61 Å². The largest absolute Gasteiger partial charge is 0.458 e. The highest BCUT2D eigenvalue weighted by atomic mass is 32.1. The Balaban J connectivity index is 1.57. The number of hydrogen-bond donors (Lipinski definition) is 0. The van der Waals surface area contributed by atoms with Crippen molar-refractivity contribution in [3.05, 3.63) is 62.5 Å². The summed E-state index contributed by atoms with van der Waals surface area (Å²) in [5.74, 6) is -2.06. The number of ether oxygens (including phenoxy) is 1. The number of aryl methyl sites for hydroxylation is 1. The minimum Gasteiger partial charge on any atom is -0.458 e. The lowest BCUT2D eigenvalue weighted by atomic mass is 9.97. The Morgan fingerprint density at radius 2 is 1.78 bits per heavy atom. The van der Waals surface area contributed by atoms with Crippen LogP contribution in [0.25, 0.3) is 4.96 Å². The minimum absolute atomic E-state index is 0.250. The Morgan fingerprint density at radius 1 is 1.12 bits per heavy atom. The Morgan fingerprint density at radius 3 is 2.38 bits per heavy atom. The Bertz CT molecular complexity index is 1250. The van der Waals surface area contributed by atoms with Gasteiger partial charge in [0.25, 0.3) is 17.4 Å². The van der Waals surface area contributed by atoms with E-state index in [2.05, 4.69) is 10.1 Å². The molecule has 0 aliphatic carbocycles. The second kappa shape index (κ2) is 8.62. The number of imide groups is 1. The average Bonchev–Trinajstić information content (AvgIpc) is 3.33. The summed E-state index contributed by atoms with van der Waals surface area (Å²) < 4.78 is 6.66. The zero-order valence-electron chi connectivity index (χ0n) is 17.9. The maximum absolute atomic E-state index is 13.1. The van der Waals surface area contributed by atoms with Crippen molar-refractivity contribution in [3.63, 3.8) is 0 Å². The fraction of sp³-hybridized carbons (Fsp3) is 0.364. The molecule has 32 heavy (non-hydrogen) atoms. The van der Waals surface area contributed by atoms with Gasteiger partial charge in [0.2, 0.25) is 4.96 Å². The highest BCUT2D eigenvalue weighted by Gasteiger charge is 2.45. The number of rotatable bonds is 7. The van der Waals surface area contributed by atoms with Crippen molar-refractivity contribution in [2.75, 3.05) is 0 Å². The van der Waals surface area contributed by atoms with E-state index >= 15 is 0 Å². The second-order valence-electron chi connectivity index (χ2n) is 7.59. The molecule has 3 heterocycles. The number of amides is 2. The topological polar surface area (TPSA) is 111 Å². The fourth-order valence-corrected chi connectivity index (χ4v) is 4.48. The number of esters is 1. The van der Waals surface area contributed by atoms with Crippen LogP contribution in [0.4, 0.5) is 0 Å². The molecule has 166 valence electrons. The van der Waals surface area contributed by atoms with Crippen LogP contribution in [0.3, 0.4) is 0 Å². The molecule has 1 aliphatic heterocycles. The van der Waals surface area contributed by atoms with E-state index in [-0.39, 0.29) is 34.9 Å². The van der Waals surface area contributed by atoms with Crippen LogP contribution >= 0.6 is 11.3 Å². The van der Waals surface area contributed by atoms with E-state index in [1.165, 1.54) is 21.9 Å². The van der Waals surface area contributed by atoms with Gasteiger partial charge in [0.15, 0.2) is 0 Å². The third-order valence-electron chi connectivity index (χ3n) is 5.53. The SMILES string of the molecule is CCc1nn2c(=O)cc(COC(=O)[C@@H]([C@H](C)CC)N3C(=O)c4ccccc4C3=O)nc2s1. The quantitative estimate of drug-likeness (QED) is 0.398. The van der Waals surface area contributed by atoms with Crippen molar-refractivity contribution in [3.8, 4) is 0 Å². The van der Waals surface area contributed by atoms with Gasteiger partial charge in [-0.05, 0) is 24.5 Å². The molecule has 0 saturated carbocycles. The van der Waals surface area contributed by atoms with Gasteiger partial charge < -0.3 is 4.74 Å². The average molecular weight is 455 g/mol. The predicted molar refractivity (Wildman–Crippen MR) is 116 cm³/mol. The van der Waals surface area contributed by atoms with E-state index in [1.54, 1.807) is 31.2 Å². The zero-order chi connectivity index (χ0) is 23.0. The molecule has 0 bridgehead atoms. The van der Waals surface area contributed by atoms with Crippen LogP contribution in [0.1, 0.15) is 58.6 Å². The Kier molecular flexibility index (Phi) is 5.88.